The van der Waals surface area contributed by atoms with Crippen molar-refractivity contribution in [2.45, 2.75) is 115 Å². The largest absolute Gasteiger partial charge is 0.0656 e. The lowest BCUT2D eigenvalue weighted by atomic mass is 10.0. The van der Waals surface area contributed by atoms with Gasteiger partial charge in [-0.1, -0.05) is 109 Å². The van der Waals surface area contributed by atoms with Gasteiger partial charge in [-0.15, -0.1) is 0 Å². The van der Waals surface area contributed by atoms with Crippen molar-refractivity contribution in [3.05, 3.63) is 0 Å². The standard InChI is InChI=1S/C7H16.4C3H8/c1-6(2)5-7(3)4;4*1-3-2/h6-7H,5H2,1-4H3;4*3H2,1-2H3/i5D;;;;. The van der Waals surface area contributed by atoms with Gasteiger partial charge in [-0.25, -0.2) is 0 Å². The van der Waals surface area contributed by atoms with Gasteiger partial charge in [0.05, 0.1) is 0 Å². The summed E-state index contributed by atoms with van der Waals surface area (Å²) < 4.78 is 7.48. The first-order valence-corrected chi connectivity index (χ1v) is 8.63. The molecule has 124 valence electrons. The zero-order valence-electron chi connectivity index (χ0n) is 17.6. The van der Waals surface area contributed by atoms with Crippen LogP contribution in [-0.2, 0) is 0 Å². The van der Waals surface area contributed by atoms with Crippen molar-refractivity contribution in [1.29, 1.82) is 0 Å². The summed E-state index contributed by atoms with van der Waals surface area (Å²) in [4.78, 5) is 0. The molecule has 0 fully saturated rings. The van der Waals surface area contributed by atoms with Crippen molar-refractivity contribution in [1.82, 2.24) is 0 Å². The van der Waals surface area contributed by atoms with Crippen LogP contribution in [-0.4, -0.2) is 0 Å². The van der Waals surface area contributed by atoms with Crippen LogP contribution in [0.1, 0.15) is 117 Å². The first kappa shape index (κ1) is 27.4. The number of hydrogen-bond acceptors (Lipinski definition) is 0. The number of rotatable bonds is 2. The molecule has 0 aromatic heterocycles. The van der Waals surface area contributed by atoms with Crippen molar-refractivity contribution < 1.29 is 1.37 Å². The first-order chi connectivity index (χ1) is 9.21. The highest BCUT2D eigenvalue weighted by molar-refractivity contribution is 4.47. The molecule has 0 radical (unpaired) electrons. The van der Waals surface area contributed by atoms with Gasteiger partial charge in [0.1, 0.15) is 0 Å². The van der Waals surface area contributed by atoms with E-state index in [1.807, 2.05) is 0 Å². The van der Waals surface area contributed by atoms with Crippen LogP contribution in [0.5, 0.6) is 0 Å². The predicted molar refractivity (Wildman–Crippen MR) is 98.2 cm³/mol. The normalized spacial score (nSPS) is 8.89. The van der Waals surface area contributed by atoms with E-state index >= 15 is 0 Å². The molecule has 0 aliphatic heterocycles. The smallest absolute Gasteiger partial charge is 0.0272 e. The minimum atomic E-state index is 0.120. The minimum Gasteiger partial charge on any atom is -0.0656 e. The quantitative estimate of drug-likeness (QED) is 0.475. The molecule has 0 aliphatic rings. The highest BCUT2D eigenvalue weighted by atomic mass is 14.0. The highest BCUT2D eigenvalue weighted by Gasteiger charge is 1.95. The molecule has 0 aromatic rings. The summed E-state index contributed by atoms with van der Waals surface area (Å²) >= 11 is 0. The lowest BCUT2D eigenvalue weighted by Crippen LogP contribution is -1.93. The SMILES string of the molecule is CCC.CCC.CCC.CCC.[2H]C(C(C)C)C(C)C. The Labute approximate surface area is 129 Å². The molecule has 0 heteroatoms. The molecule has 0 spiro atoms. The molecule has 0 heterocycles. The Morgan fingerprint density at radius 3 is 0.632 bits per heavy atom. The molecule has 0 aliphatic carbocycles. The first-order valence-electron chi connectivity index (χ1n) is 9.21. The van der Waals surface area contributed by atoms with E-state index in [1.165, 1.54) is 25.7 Å². The molecule has 0 N–H and O–H groups in total. The minimum absolute atomic E-state index is 0.120. The van der Waals surface area contributed by atoms with E-state index < -0.39 is 0 Å². The van der Waals surface area contributed by atoms with Crippen LogP contribution in [0.15, 0.2) is 0 Å². The zero-order valence-corrected chi connectivity index (χ0v) is 16.6. The van der Waals surface area contributed by atoms with Gasteiger partial charge in [0, 0.05) is 1.37 Å². The van der Waals surface area contributed by atoms with Crippen molar-refractivity contribution in [2.24, 2.45) is 11.8 Å². The van der Waals surface area contributed by atoms with Gasteiger partial charge in [-0.05, 0) is 18.2 Å². The topological polar surface area (TPSA) is 0 Å². The molecule has 0 unspecified atom stereocenters. The molecule has 0 bridgehead atoms. The molecule has 0 amide bonds. The van der Waals surface area contributed by atoms with Crippen LogP contribution in [0.25, 0.3) is 0 Å². The Hall–Kier alpha value is 0. The molecular formula is C19H48. The van der Waals surface area contributed by atoms with Gasteiger partial charge in [0.15, 0.2) is 0 Å². The predicted octanol–water partition coefficient (Wildman–Crippen LogP) is 8.35. The second kappa shape index (κ2) is 43.0. The van der Waals surface area contributed by atoms with Crippen molar-refractivity contribution >= 4 is 0 Å². The van der Waals surface area contributed by atoms with E-state index in [0.29, 0.717) is 11.8 Å². The van der Waals surface area contributed by atoms with E-state index in [0.717, 1.165) is 0 Å². The van der Waals surface area contributed by atoms with Gasteiger partial charge in [0.2, 0.25) is 0 Å². The van der Waals surface area contributed by atoms with Gasteiger partial charge < -0.3 is 0 Å². The average Bonchev–Trinajstić information content (AvgIpc) is 2.31. The Balaban J connectivity index is -0.0000000527. The van der Waals surface area contributed by atoms with Crippen LogP contribution in [0, 0.1) is 11.8 Å². The Bertz CT molecular complexity index is 81.9. The maximum absolute atomic E-state index is 7.48. The third kappa shape index (κ3) is 288. The molecule has 0 rings (SSSR count). The lowest BCUT2D eigenvalue weighted by Gasteiger charge is -2.05. The molecular weight excluding hydrogens is 228 g/mol. The molecule has 19 heavy (non-hydrogen) atoms. The lowest BCUT2D eigenvalue weighted by molar-refractivity contribution is 0.469. The summed E-state index contributed by atoms with van der Waals surface area (Å²) in [6.07, 6.45) is 5.12. The van der Waals surface area contributed by atoms with Gasteiger partial charge >= 0.3 is 0 Å². The van der Waals surface area contributed by atoms with Crippen molar-refractivity contribution in [3.63, 3.8) is 0 Å². The van der Waals surface area contributed by atoms with E-state index in [4.69, 9.17) is 1.37 Å². The van der Waals surface area contributed by atoms with Crippen LogP contribution < -0.4 is 0 Å². The second-order valence-corrected chi connectivity index (χ2v) is 5.51. The average molecular weight is 278 g/mol. The van der Waals surface area contributed by atoms with Gasteiger partial charge in [-0.2, -0.15) is 0 Å². The molecule has 0 saturated carbocycles. The van der Waals surface area contributed by atoms with Crippen molar-refractivity contribution in [2.75, 3.05) is 0 Å². The van der Waals surface area contributed by atoms with Gasteiger partial charge in [-0.3, -0.25) is 0 Å². The fraction of sp³-hybridized carbons (Fsp3) is 1.00. The number of hydrogen-bond donors (Lipinski definition) is 0. The maximum Gasteiger partial charge on any atom is 0.0272 e. The Kier molecular flexibility index (Phi) is 61.9. The molecule has 0 saturated heterocycles. The van der Waals surface area contributed by atoms with Crippen molar-refractivity contribution in [3.8, 4) is 0 Å². The monoisotopic (exact) mass is 277 g/mol. The summed E-state index contributed by atoms with van der Waals surface area (Å²) in [6.45, 7) is 25.4. The summed E-state index contributed by atoms with van der Waals surface area (Å²) in [5, 5.41) is 0. The van der Waals surface area contributed by atoms with Crippen LogP contribution >= 0.6 is 0 Å². The molecule has 0 aromatic carbocycles. The maximum atomic E-state index is 7.48. The van der Waals surface area contributed by atoms with Crippen LogP contribution in [0.3, 0.4) is 0 Å². The summed E-state index contributed by atoms with van der Waals surface area (Å²) in [5.41, 5.74) is 0. The zero-order chi connectivity index (χ0) is 17.6. The molecule has 0 nitrogen and oxygen atoms in total. The third-order valence-corrected chi connectivity index (χ3v) is 0.770. The summed E-state index contributed by atoms with van der Waals surface area (Å²) in [7, 11) is 0. The van der Waals surface area contributed by atoms with E-state index in [1.54, 1.807) is 0 Å². The highest BCUT2D eigenvalue weighted by Crippen LogP contribution is 2.08. The van der Waals surface area contributed by atoms with Gasteiger partial charge in [0.25, 0.3) is 0 Å². The second-order valence-electron chi connectivity index (χ2n) is 5.51. The summed E-state index contributed by atoms with van der Waals surface area (Å²) in [6, 6.07) is 0. The Morgan fingerprint density at radius 2 is 0.632 bits per heavy atom. The van der Waals surface area contributed by atoms with Crippen LogP contribution in [0.2, 0.25) is 0 Å². The summed E-state index contributed by atoms with van der Waals surface area (Å²) in [5.74, 6) is 1.02. The van der Waals surface area contributed by atoms with Crippen LogP contribution in [0.4, 0.5) is 0 Å². The van der Waals surface area contributed by atoms with E-state index in [-0.39, 0.29) is 6.40 Å². The fourth-order valence-electron chi connectivity index (χ4n) is 0.770. The van der Waals surface area contributed by atoms with E-state index in [2.05, 4.69) is 83.1 Å². The Morgan fingerprint density at radius 1 is 0.526 bits per heavy atom. The fourth-order valence-corrected chi connectivity index (χ4v) is 0.770. The van der Waals surface area contributed by atoms with E-state index in [9.17, 15) is 0 Å². The third-order valence-electron chi connectivity index (χ3n) is 0.770. The molecule has 0 atom stereocenters.